The summed E-state index contributed by atoms with van der Waals surface area (Å²) in [5.74, 6) is 1.38. The predicted octanol–water partition coefficient (Wildman–Crippen LogP) is 1.41. The Morgan fingerprint density at radius 3 is 2.86 bits per heavy atom. The van der Waals surface area contributed by atoms with Crippen LogP contribution in [0.15, 0.2) is 30.5 Å². The van der Waals surface area contributed by atoms with E-state index in [1.165, 1.54) is 0 Å². The van der Waals surface area contributed by atoms with Crippen molar-refractivity contribution >= 4 is 5.82 Å². The number of aromatic nitrogens is 3. The average molecular weight is 188 g/mol. The second-order valence-corrected chi connectivity index (χ2v) is 3.01. The highest BCUT2D eigenvalue weighted by atomic mass is 15.3. The van der Waals surface area contributed by atoms with Gasteiger partial charge >= 0.3 is 0 Å². The molecule has 0 bridgehead atoms. The van der Waals surface area contributed by atoms with Crippen LogP contribution in [0.5, 0.6) is 0 Å². The third kappa shape index (κ3) is 1.46. The number of aryl methyl sites for hydroxylation is 1. The van der Waals surface area contributed by atoms with Gasteiger partial charge in [0.1, 0.15) is 5.82 Å². The van der Waals surface area contributed by atoms with Crippen LogP contribution >= 0.6 is 0 Å². The molecule has 0 saturated carbocycles. The Bertz CT molecular complexity index is 419. The molecule has 72 valence electrons. The van der Waals surface area contributed by atoms with E-state index in [1.807, 2.05) is 31.2 Å². The molecule has 2 N–H and O–H groups in total. The Kier molecular flexibility index (Phi) is 2.18. The van der Waals surface area contributed by atoms with Gasteiger partial charge in [-0.1, -0.05) is 13.0 Å². The van der Waals surface area contributed by atoms with Crippen molar-refractivity contribution in [3.05, 3.63) is 36.2 Å². The highest BCUT2D eigenvalue weighted by Gasteiger charge is 2.05. The van der Waals surface area contributed by atoms with Gasteiger partial charge < -0.3 is 5.73 Å². The third-order valence-corrected chi connectivity index (χ3v) is 2.02. The van der Waals surface area contributed by atoms with Crippen LogP contribution in [0.2, 0.25) is 0 Å². The van der Waals surface area contributed by atoms with Gasteiger partial charge in [-0.2, -0.15) is 9.78 Å². The van der Waals surface area contributed by atoms with Crippen LogP contribution in [0, 0.1) is 0 Å². The third-order valence-electron chi connectivity index (χ3n) is 2.02. The summed E-state index contributed by atoms with van der Waals surface area (Å²) in [5.41, 5.74) is 6.79. The molecule has 0 aromatic carbocycles. The lowest BCUT2D eigenvalue weighted by Crippen LogP contribution is -2.03. The fourth-order valence-corrected chi connectivity index (χ4v) is 1.28. The van der Waals surface area contributed by atoms with Gasteiger partial charge in [-0.25, -0.2) is 4.98 Å². The Morgan fingerprint density at radius 1 is 1.43 bits per heavy atom. The number of rotatable bonds is 2. The molecule has 4 nitrogen and oxygen atoms in total. The number of pyridine rings is 1. The zero-order valence-electron chi connectivity index (χ0n) is 8.01. The second-order valence-electron chi connectivity index (χ2n) is 3.01. The lowest BCUT2D eigenvalue weighted by molar-refractivity contribution is 0.824. The molecule has 2 aromatic heterocycles. The van der Waals surface area contributed by atoms with Crippen molar-refractivity contribution < 1.29 is 0 Å². The van der Waals surface area contributed by atoms with Gasteiger partial charge in [0, 0.05) is 12.3 Å². The van der Waals surface area contributed by atoms with E-state index < -0.39 is 0 Å². The summed E-state index contributed by atoms with van der Waals surface area (Å²) in [6, 6.07) is 7.52. The molecule has 4 heteroatoms. The van der Waals surface area contributed by atoms with E-state index in [0.717, 1.165) is 17.9 Å². The first-order valence-corrected chi connectivity index (χ1v) is 4.57. The van der Waals surface area contributed by atoms with Gasteiger partial charge in [0.05, 0.1) is 5.69 Å². The number of nitrogens with zero attached hydrogens (tertiary/aromatic N) is 3. The minimum atomic E-state index is 0.626. The molecule has 0 spiro atoms. The standard InChI is InChI=1S/C10H12N4/c1-2-8-7-9(11)14(13-8)10-5-3-4-6-12-10/h3-7H,2,11H2,1H3. The maximum absolute atomic E-state index is 5.81. The van der Waals surface area contributed by atoms with Crippen LogP contribution in [0.3, 0.4) is 0 Å². The smallest absolute Gasteiger partial charge is 0.155 e. The predicted molar refractivity (Wildman–Crippen MR) is 55.1 cm³/mol. The number of hydrogen-bond acceptors (Lipinski definition) is 3. The van der Waals surface area contributed by atoms with Crippen LogP contribution < -0.4 is 5.73 Å². The molecule has 0 aliphatic rings. The molecular formula is C10H12N4. The molecule has 0 saturated heterocycles. The van der Waals surface area contributed by atoms with Crippen molar-refractivity contribution in [2.45, 2.75) is 13.3 Å². The van der Waals surface area contributed by atoms with Gasteiger partial charge in [-0.3, -0.25) is 0 Å². The molecular weight excluding hydrogens is 176 g/mol. The molecule has 2 rings (SSSR count). The molecule has 0 fully saturated rings. The van der Waals surface area contributed by atoms with E-state index in [4.69, 9.17) is 5.73 Å². The van der Waals surface area contributed by atoms with E-state index in [1.54, 1.807) is 10.9 Å². The topological polar surface area (TPSA) is 56.7 Å². The molecule has 0 unspecified atom stereocenters. The van der Waals surface area contributed by atoms with Crippen LogP contribution in [-0.4, -0.2) is 14.8 Å². The zero-order valence-corrected chi connectivity index (χ0v) is 8.01. The van der Waals surface area contributed by atoms with Crippen molar-refractivity contribution in [2.75, 3.05) is 5.73 Å². The monoisotopic (exact) mass is 188 g/mol. The first kappa shape index (κ1) is 8.74. The fraction of sp³-hybridized carbons (Fsp3) is 0.200. The van der Waals surface area contributed by atoms with E-state index in [-0.39, 0.29) is 0 Å². The Balaban J connectivity index is 2.46. The van der Waals surface area contributed by atoms with Crippen LogP contribution in [0.25, 0.3) is 5.82 Å². The molecule has 0 atom stereocenters. The summed E-state index contributed by atoms with van der Waals surface area (Å²) >= 11 is 0. The number of hydrogen-bond donors (Lipinski definition) is 1. The Morgan fingerprint density at radius 2 is 2.29 bits per heavy atom. The molecule has 2 heterocycles. The minimum Gasteiger partial charge on any atom is -0.384 e. The maximum Gasteiger partial charge on any atom is 0.155 e. The van der Waals surface area contributed by atoms with Crippen molar-refractivity contribution in [1.82, 2.24) is 14.8 Å². The highest BCUT2D eigenvalue weighted by molar-refractivity contribution is 5.38. The highest BCUT2D eigenvalue weighted by Crippen LogP contribution is 2.11. The fourth-order valence-electron chi connectivity index (χ4n) is 1.28. The maximum atomic E-state index is 5.81. The summed E-state index contributed by atoms with van der Waals surface area (Å²) in [4.78, 5) is 4.18. The molecule has 14 heavy (non-hydrogen) atoms. The molecule has 0 aliphatic heterocycles. The van der Waals surface area contributed by atoms with Gasteiger partial charge in [0.15, 0.2) is 5.82 Å². The van der Waals surface area contributed by atoms with Gasteiger partial charge in [0.2, 0.25) is 0 Å². The van der Waals surface area contributed by atoms with E-state index in [9.17, 15) is 0 Å². The number of anilines is 1. The largest absolute Gasteiger partial charge is 0.384 e. The van der Waals surface area contributed by atoms with E-state index in [2.05, 4.69) is 10.1 Å². The van der Waals surface area contributed by atoms with Crippen molar-refractivity contribution in [3.63, 3.8) is 0 Å². The summed E-state index contributed by atoms with van der Waals surface area (Å²) in [5, 5.41) is 4.33. The van der Waals surface area contributed by atoms with E-state index >= 15 is 0 Å². The van der Waals surface area contributed by atoms with Gasteiger partial charge in [-0.15, -0.1) is 0 Å². The first-order valence-electron chi connectivity index (χ1n) is 4.57. The van der Waals surface area contributed by atoms with Crippen LogP contribution in [-0.2, 0) is 6.42 Å². The van der Waals surface area contributed by atoms with Crippen LogP contribution in [0.4, 0.5) is 5.82 Å². The summed E-state index contributed by atoms with van der Waals surface area (Å²) in [7, 11) is 0. The van der Waals surface area contributed by atoms with Gasteiger partial charge in [-0.05, 0) is 18.6 Å². The van der Waals surface area contributed by atoms with Crippen LogP contribution in [0.1, 0.15) is 12.6 Å². The summed E-state index contributed by atoms with van der Waals surface area (Å²) in [6.07, 6.45) is 2.60. The zero-order chi connectivity index (χ0) is 9.97. The molecule has 0 amide bonds. The van der Waals surface area contributed by atoms with Crippen molar-refractivity contribution in [1.29, 1.82) is 0 Å². The normalized spacial score (nSPS) is 10.4. The number of nitrogens with two attached hydrogens (primary N) is 1. The molecule has 2 aromatic rings. The van der Waals surface area contributed by atoms with Crippen molar-refractivity contribution in [2.24, 2.45) is 0 Å². The van der Waals surface area contributed by atoms with Crippen molar-refractivity contribution in [3.8, 4) is 5.82 Å². The Hall–Kier alpha value is -1.84. The second kappa shape index (κ2) is 3.49. The first-order chi connectivity index (χ1) is 6.81. The minimum absolute atomic E-state index is 0.626. The Labute approximate surface area is 82.4 Å². The van der Waals surface area contributed by atoms with Gasteiger partial charge in [0.25, 0.3) is 0 Å². The average Bonchev–Trinajstić information content (AvgIpc) is 2.61. The SMILES string of the molecule is CCc1cc(N)n(-c2ccccn2)n1. The summed E-state index contributed by atoms with van der Waals surface area (Å²) in [6.45, 7) is 2.05. The molecule has 0 radical (unpaired) electrons. The lowest BCUT2D eigenvalue weighted by Gasteiger charge is -2.00. The summed E-state index contributed by atoms with van der Waals surface area (Å²) < 4.78 is 1.65. The number of nitrogen functional groups attached to an aromatic ring is 1. The van der Waals surface area contributed by atoms with E-state index in [0.29, 0.717) is 5.82 Å². The lowest BCUT2D eigenvalue weighted by atomic mass is 10.3. The molecule has 0 aliphatic carbocycles. The quantitative estimate of drug-likeness (QED) is 0.775.